The summed E-state index contributed by atoms with van der Waals surface area (Å²) in [5.74, 6) is -2.30. The van der Waals surface area contributed by atoms with Crippen LogP contribution in [-0.2, 0) is 38.7 Å². The molecule has 0 aromatic carbocycles. The first kappa shape index (κ1) is 53.4. The number of unbranched alkanes of at least 4 members (excludes halogenated alkanes) is 16. The Morgan fingerprint density at radius 1 is 0.638 bits per heavy atom. The molecule has 4 N–H and O–H groups in total. The summed E-state index contributed by atoms with van der Waals surface area (Å²) in [6.07, 6.45) is 33.3. The van der Waals surface area contributed by atoms with Crippen molar-refractivity contribution in [3.05, 3.63) is 60.8 Å². The molecule has 1 heterocycles. The number of aliphatic hydroxyl groups is 3. The quantitative estimate of drug-likeness (QED) is 0.0119. The van der Waals surface area contributed by atoms with E-state index in [1.807, 2.05) is 6.08 Å². The highest BCUT2D eigenvalue weighted by atomic mass is 32.2. The van der Waals surface area contributed by atoms with Gasteiger partial charge < -0.3 is 34.3 Å². The molecule has 0 spiro atoms. The standard InChI is InChI=1S/C45H76O12S/c1-3-5-7-9-11-13-15-17-19-21-23-25-27-29-31-33-40(46)54-35-38(36-55-45-44(50)43(49)42(48)39(57-45)37-58(51,52)53)56-41(47)34-32-30-28-26-24-22-20-18-16-14-12-10-8-6-4-2/h12,14,18,20,24,26-27,29,31,33,38-39,42-45,48-50H,3-11,13,15-17,19,21-23,25,28,30,32,34-37H2,1-2H3,(H,51,52,53)/b14-12+,20-18+,26-24+,29-27+,33-31+/t38-,39-,42-,43?,44?,45+/m1/s1. The molecule has 1 aliphatic heterocycles. The second kappa shape index (κ2) is 35.1. The summed E-state index contributed by atoms with van der Waals surface area (Å²) in [4.78, 5) is 25.2. The van der Waals surface area contributed by atoms with Crippen molar-refractivity contribution in [2.75, 3.05) is 19.0 Å². The highest BCUT2D eigenvalue weighted by Crippen LogP contribution is 2.24. The zero-order valence-electron chi connectivity index (χ0n) is 35.4. The molecule has 58 heavy (non-hydrogen) atoms. The van der Waals surface area contributed by atoms with Gasteiger partial charge in [0.1, 0.15) is 36.8 Å². The molecule has 0 aromatic heterocycles. The Balaban J connectivity index is 2.56. The van der Waals surface area contributed by atoms with Gasteiger partial charge in [0.25, 0.3) is 10.1 Å². The van der Waals surface area contributed by atoms with Gasteiger partial charge in [-0.1, -0.05) is 146 Å². The lowest BCUT2D eigenvalue weighted by Crippen LogP contribution is -2.60. The third-order valence-electron chi connectivity index (χ3n) is 9.67. The first-order valence-electron chi connectivity index (χ1n) is 21.9. The monoisotopic (exact) mass is 841 g/mol. The van der Waals surface area contributed by atoms with E-state index in [0.29, 0.717) is 6.42 Å². The number of rotatable bonds is 35. The average molecular weight is 841 g/mol. The van der Waals surface area contributed by atoms with E-state index in [4.69, 9.17) is 18.9 Å². The Hall–Kier alpha value is -2.65. The molecular formula is C45H76O12S. The van der Waals surface area contributed by atoms with Crippen molar-refractivity contribution < 1.29 is 56.8 Å². The summed E-state index contributed by atoms with van der Waals surface area (Å²) in [5.41, 5.74) is 0. The molecular weight excluding hydrogens is 765 g/mol. The highest BCUT2D eigenvalue weighted by molar-refractivity contribution is 7.85. The van der Waals surface area contributed by atoms with Crippen LogP contribution >= 0.6 is 0 Å². The molecule has 13 heteroatoms. The third kappa shape index (κ3) is 29.5. The minimum absolute atomic E-state index is 0.0937. The summed E-state index contributed by atoms with van der Waals surface area (Å²) in [7, 11) is -4.62. The average Bonchev–Trinajstić information content (AvgIpc) is 3.18. The maximum Gasteiger partial charge on any atom is 0.330 e. The molecule has 6 atom stereocenters. The molecule has 334 valence electrons. The molecule has 0 radical (unpaired) electrons. The predicted molar refractivity (Wildman–Crippen MR) is 229 cm³/mol. The molecule has 1 aliphatic rings. The molecule has 0 bridgehead atoms. The van der Waals surface area contributed by atoms with Gasteiger partial charge in [-0.25, -0.2) is 4.79 Å². The van der Waals surface area contributed by atoms with Crippen molar-refractivity contribution in [3.63, 3.8) is 0 Å². The normalized spacial score (nSPS) is 21.0. The molecule has 1 saturated heterocycles. The van der Waals surface area contributed by atoms with Gasteiger partial charge in [-0.2, -0.15) is 8.42 Å². The van der Waals surface area contributed by atoms with Gasteiger partial charge in [0.15, 0.2) is 12.4 Å². The predicted octanol–water partition coefficient (Wildman–Crippen LogP) is 8.56. The van der Waals surface area contributed by atoms with Crippen molar-refractivity contribution >= 4 is 22.1 Å². The summed E-state index contributed by atoms with van der Waals surface area (Å²) < 4.78 is 53.8. The van der Waals surface area contributed by atoms with Gasteiger partial charge in [0, 0.05) is 12.5 Å². The first-order chi connectivity index (χ1) is 28.0. The van der Waals surface area contributed by atoms with Crippen LogP contribution in [0.15, 0.2) is 60.8 Å². The second-order valence-electron chi connectivity index (χ2n) is 15.1. The number of hydrogen-bond donors (Lipinski definition) is 4. The van der Waals surface area contributed by atoms with Crippen molar-refractivity contribution in [1.82, 2.24) is 0 Å². The zero-order valence-corrected chi connectivity index (χ0v) is 36.2. The van der Waals surface area contributed by atoms with Gasteiger partial charge in [0.2, 0.25) is 0 Å². The van der Waals surface area contributed by atoms with Crippen LogP contribution in [0.4, 0.5) is 0 Å². The molecule has 0 amide bonds. The third-order valence-corrected chi connectivity index (χ3v) is 10.4. The number of carbonyl (C=O) groups excluding carboxylic acids is 2. The molecule has 0 saturated carbocycles. The Kier molecular flexibility index (Phi) is 32.3. The minimum Gasteiger partial charge on any atom is -0.458 e. The molecule has 0 aliphatic carbocycles. The van der Waals surface area contributed by atoms with E-state index in [1.165, 1.54) is 89.5 Å². The molecule has 1 rings (SSSR count). The fraction of sp³-hybridized carbons (Fsp3) is 0.733. The molecule has 12 nitrogen and oxygen atoms in total. The van der Waals surface area contributed by atoms with Crippen LogP contribution in [0.25, 0.3) is 0 Å². The second-order valence-corrected chi connectivity index (χ2v) is 16.6. The van der Waals surface area contributed by atoms with E-state index >= 15 is 0 Å². The Morgan fingerprint density at radius 2 is 1.16 bits per heavy atom. The van der Waals surface area contributed by atoms with E-state index in [0.717, 1.165) is 44.9 Å². The summed E-state index contributed by atoms with van der Waals surface area (Å²) >= 11 is 0. The van der Waals surface area contributed by atoms with Crippen LogP contribution in [-0.4, -0.2) is 96.0 Å². The van der Waals surface area contributed by atoms with Crippen LogP contribution in [0.1, 0.15) is 155 Å². The van der Waals surface area contributed by atoms with Gasteiger partial charge in [-0.3, -0.25) is 9.35 Å². The maximum absolute atomic E-state index is 12.8. The van der Waals surface area contributed by atoms with E-state index < -0.39 is 77.8 Å². The SMILES string of the molecule is CCCCC/C=C/C/C=C/C/C=C/CCCCC(=O)O[C@H](COC(=O)/C=C/C=C/CCCCCCCCCCCCC)CO[C@H]1O[C@H](CS(=O)(=O)O)[C@@H](O)C(O)C1O. The van der Waals surface area contributed by atoms with Gasteiger partial charge in [-0.05, 0) is 57.8 Å². The van der Waals surface area contributed by atoms with Gasteiger partial charge in [-0.15, -0.1) is 0 Å². The number of allylic oxidation sites excluding steroid dienone is 9. The van der Waals surface area contributed by atoms with Crippen LogP contribution in [0, 0.1) is 0 Å². The summed E-state index contributed by atoms with van der Waals surface area (Å²) in [5, 5.41) is 30.8. The first-order valence-corrected chi connectivity index (χ1v) is 23.5. The lowest BCUT2D eigenvalue weighted by Gasteiger charge is -2.40. The van der Waals surface area contributed by atoms with Gasteiger partial charge in [0.05, 0.1) is 6.61 Å². The number of esters is 2. The van der Waals surface area contributed by atoms with E-state index in [2.05, 4.69) is 50.3 Å². The van der Waals surface area contributed by atoms with Crippen LogP contribution in [0.5, 0.6) is 0 Å². The Bertz CT molecular complexity index is 1310. The van der Waals surface area contributed by atoms with Crippen molar-refractivity contribution in [2.24, 2.45) is 0 Å². The lowest BCUT2D eigenvalue weighted by molar-refractivity contribution is -0.297. The summed E-state index contributed by atoms with van der Waals surface area (Å²) in [6, 6.07) is 0. The highest BCUT2D eigenvalue weighted by Gasteiger charge is 2.46. The van der Waals surface area contributed by atoms with E-state index in [9.17, 15) is 37.9 Å². The maximum atomic E-state index is 12.8. The smallest absolute Gasteiger partial charge is 0.330 e. The lowest BCUT2D eigenvalue weighted by atomic mass is 10.00. The number of aliphatic hydroxyl groups excluding tert-OH is 3. The topological polar surface area (TPSA) is 186 Å². The fourth-order valence-electron chi connectivity index (χ4n) is 6.24. The fourth-order valence-corrected chi connectivity index (χ4v) is 6.93. The number of hydrogen-bond acceptors (Lipinski definition) is 11. The molecule has 0 aromatic rings. The largest absolute Gasteiger partial charge is 0.458 e. The molecule has 2 unspecified atom stereocenters. The molecule has 1 fully saturated rings. The van der Waals surface area contributed by atoms with Crippen molar-refractivity contribution in [2.45, 2.75) is 192 Å². The van der Waals surface area contributed by atoms with E-state index in [-0.39, 0.29) is 6.42 Å². The Labute approximate surface area is 349 Å². The van der Waals surface area contributed by atoms with Crippen molar-refractivity contribution in [3.8, 4) is 0 Å². The van der Waals surface area contributed by atoms with E-state index in [1.54, 1.807) is 12.2 Å². The zero-order chi connectivity index (χ0) is 42.7. The number of ether oxygens (including phenoxy) is 4. The summed E-state index contributed by atoms with van der Waals surface area (Å²) in [6.45, 7) is 3.57. The van der Waals surface area contributed by atoms with Crippen LogP contribution in [0.3, 0.4) is 0 Å². The minimum atomic E-state index is -4.62. The Morgan fingerprint density at radius 3 is 1.76 bits per heavy atom. The van der Waals surface area contributed by atoms with Crippen LogP contribution < -0.4 is 0 Å². The number of carbonyl (C=O) groups is 2. The van der Waals surface area contributed by atoms with Gasteiger partial charge >= 0.3 is 11.9 Å². The van der Waals surface area contributed by atoms with Crippen molar-refractivity contribution in [1.29, 1.82) is 0 Å². The van der Waals surface area contributed by atoms with Crippen LogP contribution in [0.2, 0.25) is 0 Å².